The molecule has 0 radical (unpaired) electrons. The summed E-state index contributed by atoms with van der Waals surface area (Å²) >= 11 is 0.967. The highest BCUT2D eigenvalue weighted by molar-refractivity contribution is 7.17. The number of rotatable bonds is 8. The van der Waals surface area contributed by atoms with Crippen LogP contribution >= 0.6 is 11.3 Å². The van der Waals surface area contributed by atoms with Crippen molar-refractivity contribution in [2.75, 3.05) is 24.3 Å². The van der Waals surface area contributed by atoms with Gasteiger partial charge in [0.1, 0.15) is 23.6 Å². The summed E-state index contributed by atoms with van der Waals surface area (Å²) in [6.45, 7) is -1.29. The number of nitrogens with zero attached hydrogens (tertiary/aromatic N) is 3. The molecule has 0 aromatic carbocycles. The van der Waals surface area contributed by atoms with Gasteiger partial charge in [-0.2, -0.15) is 9.97 Å². The summed E-state index contributed by atoms with van der Waals surface area (Å²) in [7, 11) is 0. The summed E-state index contributed by atoms with van der Waals surface area (Å²) < 4.78 is 7.17. The summed E-state index contributed by atoms with van der Waals surface area (Å²) in [4.78, 5) is 20.2. The number of thiazole rings is 1. The van der Waals surface area contributed by atoms with Crippen LogP contribution in [0.25, 0.3) is 10.3 Å². The van der Waals surface area contributed by atoms with Gasteiger partial charge in [-0.1, -0.05) is 11.3 Å². The number of aliphatic hydroxyl groups is 3. The van der Waals surface area contributed by atoms with Gasteiger partial charge in [0, 0.05) is 6.04 Å². The molecule has 0 amide bonds. The molecule has 2 heterocycles. The van der Waals surface area contributed by atoms with Gasteiger partial charge in [-0.05, 0) is 12.8 Å². The maximum Gasteiger partial charge on any atom is 0.311 e. The molecule has 0 spiro atoms. The molecule has 132 valence electrons. The van der Waals surface area contributed by atoms with Crippen molar-refractivity contribution in [3.8, 4) is 0 Å². The Morgan fingerprint density at radius 1 is 1.38 bits per heavy atom. The second-order valence-electron chi connectivity index (χ2n) is 5.56. The lowest BCUT2D eigenvalue weighted by molar-refractivity contribution is -0.100. The van der Waals surface area contributed by atoms with Gasteiger partial charge in [-0.3, -0.25) is 9.36 Å². The van der Waals surface area contributed by atoms with Crippen LogP contribution in [0.2, 0.25) is 0 Å². The molecule has 2 atom stereocenters. The Morgan fingerprint density at radius 3 is 2.75 bits per heavy atom. The van der Waals surface area contributed by atoms with Gasteiger partial charge >= 0.3 is 4.87 Å². The first-order chi connectivity index (χ1) is 11.5. The van der Waals surface area contributed by atoms with Crippen LogP contribution in [-0.4, -0.2) is 61.3 Å². The average molecular weight is 357 g/mol. The summed E-state index contributed by atoms with van der Waals surface area (Å²) in [5.74, 6) is 0.557. The smallest absolute Gasteiger partial charge is 0.311 e. The Morgan fingerprint density at radius 2 is 2.12 bits per heavy atom. The fourth-order valence-corrected chi connectivity index (χ4v) is 3.04. The largest absolute Gasteiger partial charge is 0.394 e. The molecule has 0 bridgehead atoms. The lowest BCUT2D eigenvalue weighted by atomic mass is 10.2. The second kappa shape index (κ2) is 6.99. The van der Waals surface area contributed by atoms with E-state index in [1.54, 1.807) is 0 Å². The van der Waals surface area contributed by atoms with E-state index in [1.807, 2.05) is 0 Å². The topological polar surface area (TPSA) is 156 Å². The summed E-state index contributed by atoms with van der Waals surface area (Å²) in [5.41, 5.74) is 6.05. The number of hydrogen-bond acceptors (Lipinski definition) is 10. The molecule has 1 aliphatic carbocycles. The van der Waals surface area contributed by atoms with E-state index < -0.39 is 25.4 Å². The molecule has 24 heavy (non-hydrogen) atoms. The minimum atomic E-state index is -1.25. The highest BCUT2D eigenvalue weighted by Crippen LogP contribution is 2.30. The van der Waals surface area contributed by atoms with E-state index in [9.17, 15) is 15.0 Å². The van der Waals surface area contributed by atoms with Crippen molar-refractivity contribution in [2.24, 2.45) is 0 Å². The van der Waals surface area contributed by atoms with Crippen molar-refractivity contribution in [2.45, 2.75) is 37.8 Å². The zero-order valence-corrected chi connectivity index (χ0v) is 13.6. The number of hydrogen-bond donors (Lipinski definition) is 5. The van der Waals surface area contributed by atoms with Crippen molar-refractivity contribution in [1.82, 2.24) is 14.5 Å². The molecule has 0 aliphatic heterocycles. The van der Waals surface area contributed by atoms with Gasteiger partial charge in [0.25, 0.3) is 0 Å². The lowest BCUT2D eigenvalue weighted by Gasteiger charge is -2.19. The van der Waals surface area contributed by atoms with Crippen LogP contribution in [0, 0.1) is 0 Å². The highest BCUT2D eigenvalue weighted by Gasteiger charge is 2.25. The number of aliphatic hydroxyl groups excluding tert-OH is 3. The van der Waals surface area contributed by atoms with Crippen LogP contribution in [0.5, 0.6) is 0 Å². The zero-order chi connectivity index (χ0) is 17.3. The quantitative estimate of drug-likeness (QED) is 0.387. The maximum atomic E-state index is 12.2. The standard InChI is InChI=1S/C13H19N5O5S/c14-12-16-10(15-6-1-2-6)9-11(17-12)18(13(22)24-9)5-23-8(4-20)7(21)3-19/h6-8,19-21H,1-5H2,(H3,14,15,16,17)/t7-,8+/m0/s1. The zero-order valence-electron chi connectivity index (χ0n) is 12.8. The molecule has 6 N–H and O–H groups in total. The van der Waals surface area contributed by atoms with Gasteiger partial charge in [0.15, 0.2) is 11.5 Å². The molecular weight excluding hydrogens is 338 g/mol. The Labute approximate surface area is 140 Å². The van der Waals surface area contributed by atoms with Gasteiger partial charge in [0.05, 0.1) is 13.2 Å². The van der Waals surface area contributed by atoms with Crippen molar-refractivity contribution >= 4 is 33.5 Å². The third kappa shape index (κ3) is 3.49. The third-order valence-corrected chi connectivity index (χ3v) is 4.64. The van der Waals surface area contributed by atoms with E-state index in [0.29, 0.717) is 22.2 Å². The van der Waals surface area contributed by atoms with E-state index in [4.69, 9.17) is 15.6 Å². The Kier molecular flexibility index (Phi) is 4.96. The van der Waals surface area contributed by atoms with Crippen molar-refractivity contribution in [3.63, 3.8) is 0 Å². The predicted octanol–water partition coefficient (Wildman–Crippen LogP) is -1.30. The van der Waals surface area contributed by atoms with Gasteiger partial charge in [-0.15, -0.1) is 0 Å². The molecule has 2 aromatic heterocycles. The van der Waals surface area contributed by atoms with Crippen LogP contribution < -0.4 is 15.9 Å². The SMILES string of the molecule is Nc1nc(NC2CC2)c2sc(=O)n(CO[C@H](CO)[C@@H](O)CO)c2n1. The molecule has 1 saturated carbocycles. The first-order valence-electron chi connectivity index (χ1n) is 7.48. The first kappa shape index (κ1) is 17.0. The Bertz CT molecular complexity index is 774. The summed E-state index contributed by atoms with van der Waals surface area (Å²) in [6.07, 6.45) is -0.176. The number of fused-ring (bicyclic) bond motifs is 1. The van der Waals surface area contributed by atoms with Crippen LogP contribution in [0.1, 0.15) is 12.8 Å². The fraction of sp³-hybridized carbons (Fsp3) is 0.615. The predicted molar refractivity (Wildman–Crippen MR) is 87.8 cm³/mol. The molecule has 10 nitrogen and oxygen atoms in total. The molecular formula is C13H19N5O5S. The van der Waals surface area contributed by atoms with E-state index in [-0.39, 0.29) is 17.6 Å². The maximum absolute atomic E-state index is 12.2. The van der Waals surface area contributed by atoms with Gasteiger partial charge in [0.2, 0.25) is 5.95 Å². The fourth-order valence-electron chi connectivity index (χ4n) is 2.17. The number of nitrogens with one attached hydrogen (secondary N) is 1. The van der Waals surface area contributed by atoms with Crippen molar-refractivity contribution < 1.29 is 20.1 Å². The van der Waals surface area contributed by atoms with Crippen LogP contribution in [0.15, 0.2) is 4.79 Å². The first-order valence-corrected chi connectivity index (χ1v) is 8.30. The van der Waals surface area contributed by atoms with Gasteiger partial charge < -0.3 is 31.1 Å². The molecule has 0 saturated heterocycles. The normalized spacial score (nSPS) is 17.1. The average Bonchev–Trinajstić information content (AvgIpc) is 3.31. The minimum Gasteiger partial charge on any atom is -0.394 e. The number of nitrogen functional groups attached to an aromatic ring is 1. The molecule has 2 aromatic rings. The molecule has 11 heteroatoms. The highest BCUT2D eigenvalue weighted by atomic mass is 32.1. The minimum absolute atomic E-state index is 0.0336. The van der Waals surface area contributed by atoms with Crippen LogP contribution in [-0.2, 0) is 11.5 Å². The van der Waals surface area contributed by atoms with Crippen molar-refractivity contribution in [3.05, 3.63) is 9.67 Å². The molecule has 3 rings (SSSR count). The van der Waals surface area contributed by atoms with E-state index in [0.717, 1.165) is 24.2 Å². The molecule has 1 fully saturated rings. The van der Waals surface area contributed by atoms with Crippen LogP contribution in [0.3, 0.4) is 0 Å². The lowest BCUT2D eigenvalue weighted by Crippen LogP contribution is -2.36. The van der Waals surface area contributed by atoms with Crippen LogP contribution in [0.4, 0.5) is 11.8 Å². The Hall–Kier alpha value is -1.79. The number of nitrogens with two attached hydrogens (primary N) is 1. The Balaban J connectivity index is 1.89. The van der Waals surface area contributed by atoms with E-state index in [1.165, 1.54) is 4.57 Å². The van der Waals surface area contributed by atoms with E-state index in [2.05, 4.69) is 15.3 Å². The summed E-state index contributed by atoms with van der Waals surface area (Å²) in [5, 5.41) is 30.9. The number of aromatic nitrogens is 3. The third-order valence-electron chi connectivity index (χ3n) is 3.66. The molecule has 0 unspecified atom stereocenters. The van der Waals surface area contributed by atoms with Gasteiger partial charge in [-0.25, -0.2) is 0 Å². The van der Waals surface area contributed by atoms with Crippen molar-refractivity contribution in [1.29, 1.82) is 0 Å². The monoisotopic (exact) mass is 357 g/mol. The van der Waals surface area contributed by atoms with E-state index >= 15 is 0 Å². The number of anilines is 2. The summed E-state index contributed by atoms with van der Waals surface area (Å²) in [6, 6.07) is 0.336. The second-order valence-corrected chi connectivity index (χ2v) is 6.53. The molecule has 1 aliphatic rings. The number of ether oxygens (including phenoxy) is 1.